The Kier molecular flexibility index (Phi) is 6.81. The van der Waals surface area contributed by atoms with Crippen molar-refractivity contribution in [1.29, 1.82) is 0 Å². The number of urea groups is 1. The van der Waals surface area contributed by atoms with Gasteiger partial charge in [0.2, 0.25) is 0 Å². The minimum atomic E-state index is -0.864. The van der Waals surface area contributed by atoms with Crippen LogP contribution in [0.5, 0.6) is 0 Å². The average molecular weight is 212 g/mol. The molecule has 0 aliphatic rings. The average Bonchev–Trinajstić information content (AvgIpc) is 2.14. The third kappa shape index (κ3) is 8.63. The number of hydrogen-bond donors (Lipinski definition) is 3. The number of terminal acetylenes is 1. The van der Waals surface area contributed by atoms with Crippen molar-refractivity contribution < 1.29 is 14.7 Å². The van der Waals surface area contributed by atoms with Gasteiger partial charge in [0.15, 0.2) is 0 Å². The smallest absolute Gasteiger partial charge is 0.314 e. The molecule has 1 atom stereocenters. The van der Waals surface area contributed by atoms with E-state index in [0.29, 0.717) is 19.5 Å². The molecule has 0 fully saturated rings. The number of carbonyl (C=O) groups excluding carboxylic acids is 1. The molecule has 84 valence electrons. The maximum absolute atomic E-state index is 11.1. The number of rotatable bonds is 6. The third-order valence-corrected chi connectivity index (χ3v) is 1.69. The second-order valence-electron chi connectivity index (χ2n) is 3.29. The van der Waals surface area contributed by atoms with Crippen molar-refractivity contribution in [2.24, 2.45) is 5.92 Å². The molecule has 1 unspecified atom stereocenters. The molecule has 0 bridgehead atoms. The van der Waals surface area contributed by atoms with E-state index in [1.54, 1.807) is 6.92 Å². The summed E-state index contributed by atoms with van der Waals surface area (Å²) >= 11 is 0. The van der Waals surface area contributed by atoms with E-state index in [2.05, 4.69) is 16.6 Å². The first-order valence-corrected chi connectivity index (χ1v) is 4.73. The summed E-state index contributed by atoms with van der Waals surface area (Å²) in [5.41, 5.74) is 0. The fourth-order valence-corrected chi connectivity index (χ4v) is 0.948. The standard InChI is InChI=1S/C10H16N2O3/c1-3-4-5-11-10(15)12-7-8(2)6-9(13)14/h1,8H,4-7H2,2H3,(H,13,14)(H2,11,12,15). The van der Waals surface area contributed by atoms with Gasteiger partial charge in [-0.05, 0) is 5.92 Å². The van der Waals surface area contributed by atoms with E-state index in [9.17, 15) is 9.59 Å². The first-order valence-electron chi connectivity index (χ1n) is 4.73. The van der Waals surface area contributed by atoms with Crippen LogP contribution < -0.4 is 10.6 Å². The molecule has 0 saturated carbocycles. The fraction of sp³-hybridized carbons (Fsp3) is 0.600. The number of amides is 2. The van der Waals surface area contributed by atoms with E-state index < -0.39 is 5.97 Å². The third-order valence-electron chi connectivity index (χ3n) is 1.69. The largest absolute Gasteiger partial charge is 0.481 e. The van der Waals surface area contributed by atoms with Gasteiger partial charge in [0.05, 0.1) is 0 Å². The highest BCUT2D eigenvalue weighted by atomic mass is 16.4. The maximum atomic E-state index is 11.1. The molecule has 0 rings (SSSR count). The van der Waals surface area contributed by atoms with E-state index in [-0.39, 0.29) is 18.4 Å². The molecule has 15 heavy (non-hydrogen) atoms. The van der Waals surface area contributed by atoms with Gasteiger partial charge in [-0.15, -0.1) is 12.3 Å². The zero-order valence-corrected chi connectivity index (χ0v) is 8.75. The van der Waals surface area contributed by atoms with Gasteiger partial charge in [0, 0.05) is 25.9 Å². The Balaban J connectivity index is 3.53. The van der Waals surface area contributed by atoms with Gasteiger partial charge in [-0.25, -0.2) is 4.79 Å². The number of aliphatic carboxylic acids is 1. The topological polar surface area (TPSA) is 78.4 Å². The van der Waals surface area contributed by atoms with E-state index in [1.807, 2.05) is 0 Å². The van der Waals surface area contributed by atoms with Crippen LogP contribution in [-0.2, 0) is 4.79 Å². The lowest BCUT2D eigenvalue weighted by atomic mass is 10.1. The van der Waals surface area contributed by atoms with Crippen LogP contribution in [0.4, 0.5) is 4.79 Å². The molecule has 0 saturated heterocycles. The van der Waals surface area contributed by atoms with Gasteiger partial charge in [-0.1, -0.05) is 6.92 Å². The first-order chi connectivity index (χ1) is 7.06. The van der Waals surface area contributed by atoms with Gasteiger partial charge in [0.25, 0.3) is 0 Å². The number of carbonyl (C=O) groups is 2. The van der Waals surface area contributed by atoms with Crippen LogP contribution in [0, 0.1) is 18.3 Å². The molecule has 0 aliphatic heterocycles. The van der Waals surface area contributed by atoms with Crippen LogP contribution in [0.25, 0.3) is 0 Å². The molecule has 0 spiro atoms. The van der Waals surface area contributed by atoms with Crippen molar-refractivity contribution in [3.8, 4) is 12.3 Å². The quantitative estimate of drug-likeness (QED) is 0.441. The van der Waals surface area contributed by atoms with Crippen LogP contribution in [0.3, 0.4) is 0 Å². The highest BCUT2D eigenvalue weighted by molar-refractivity contribution is 5.74. The normalized spacial score (nSPS) is 11.2. The Labute approximate surface area is 89.2 Å². The highest BCUT2D eigenvalue weighted by Crippen LogP contribution is 1.98. The van der Waals surface area contributed by atoms with E-state index >= 15 is 0 Å². The number of nitrogens with one attached hydrogen (secondary N) is 2. The van der Waals surface area contributed by atoms with Crippen molar-refractivity contribution >= 4 is 12.0 Å². The zero-order valence-electron chi connectivity index (χ0n) is 8.75. The molecule has 0 radical (unpaired) electrons. The maximum Gasteiger partial charge on any atom is 0.314 e. The minimum Gasteiger partial charge on any atom is -0.481 e. The van der Waals surface area contributed by atoms with Crippen LogP contribution in [0.15, 0.2) is 0 Å². The summed E-state index contributed by atoms with van der Waals surface area (Å²) in [6.07, 6.45) is 5.54. The van der Waals surface area contributed by atoms with E-state index in [1.165, 1.54) is 0 Å². The molecule has 2 amide bonds. The van der Waals surface area contributed by atoms with Crippen LogP contribution in [0.2, 0.25) is 0 Å². The van der Waals surface area contributed by atoms with Gasteiger partial charge in [-0.3, -0.25) is 4.79 Å². The van der Waals surface area contributed by atoms with Crippen molar-refractivity contribution in [3.63, 3.8) is 0 Å². The molecular weight excluding hydrogens is 196 g/mol. The van der Waals surface area contributed by atoms with Gasteiger partial charge in [-0.2, -0.15) is 0 Å². The Morgan fingerprint density at radius 3 is 2.67 bits per heavy atom. The second kappa shape index (κ2) is 7.68. The first kappa shape index (κ1) is 13.3. The molecule has 0 heterocycles. The number of carboxylic acid groups (broad SMARTS) is 1. The molecular formula is C10H16N2O3. The minimum absolute atomic E-state index is 0.0463. The van der Waals surface area contributed by atoms with Crippen molar-refractivity contribution in [2.45, 2.75) is 19.8 Å². The molecule has 0 aliphatic carbocycles. The molecule has 3 N–H and O–H groups in total. The Hall–Kier alpha value is -1.70. The highest BCUT2D eigenvalue weighted by Gasteiger charge is 2.08. The zero-order chi connectivity index (χ0) is 11.7. The van der Waals surface area contributed by atoms with Crippen LogP contribution >= 0.6 is 0 Å². The monoisotopic (exact) mass is 212 g/mol. The summed E-state index contributed by atoms with van der Waals surface area (Å²) < 4.78 is 0. The lowest BCUT2D eigenvalue weighted by Crippen LogP contribution is -2.38. The molecule has 5 heteroatoms. The lowest BCUT2D eigenvalue weighted by Gasteiger charge is -2.10. The van der Waals surface area contributed by atoms with Gasteiger partial charge in [0.1, 0.15) is 0 Å². The van der Waals surface area contributed by atoms with E-state index in [4.69, 9.17) is 11.5 Å². The Morgan fingerprint density at radius 1 is 1.47 bits per heavy atom. The van der Waals surface area contributed by atoms with Crippen molar-refractivity contribution in [3.05, 3.63) is 0 Å². The second-order valence-corrected chi connectivity index (χ2v) is 3.29. The summed E-state index contributed by atoms with van der Waals surface area (Å²) in [4.78, 5) is 21.4. The van der Waals surface area contributed by atoms with Gasteiger partial charge >= 0.3 is 12.0 Å². The fourth-order valence-electron chi connectivity index (χ4n) is 0.948. The molecule has 5 nitrogen and oxygen atoms in total. The van der Waals surface area contributed by atoms with Crippen LogP contribution in [-0.4, -0.2) is 30.2 Å². The predicted octanol–water partition coefficient (Wildman–Crippen LogP) is 0.420. The summed E-state index contributed by atoms with van der Waals surface area (Å²) in [7, 11) is 0. The van der Waals surface area contributed by atoms with Gasteiger partial charge < -0.3 is 15.7 Å². The molecule has 0 aromatic carbocycles. The lowest BCUT2D eigenvalue weighted by molar-refractivity contribution is -0.137. The predicted molar refractivity (Wildman–Crippen MR) is 56.3 cm³/mol. The Morgan fingerprint density at radius 2 is 2.13 bits per heavy atom. The van der Waals surface area contributed by atoms with E-state index in [0.717, 1.165) is 0 Å². The van der Waals surface area contributed by atoms with Crippen LogP contribution in [0.1, 0.15) is 19.8 Å². The summed E-state index contributed by atoms with van der Waals surface area (Å²) in [5, 5.41) is 13.6. The number of carboxylic acids is 1. The molecule has 0 aromatic rings. The SMILES string of the molecule is C#CCCNC(=O)NCC(C)CC(=O)O. The summed E-state index contributed by atoms with van der Waals surface area (Å²) in [6, 6.07) is -0.317. The Bertz CT molecular complexity index is 258. The van der Waals surface area contributed by atoms with Crippen molar-refractivity contribution in [1.82, 2.24) is 10.6 Å². The van der Waals surface area contributed by atoms with Crippen molar-refractivity contribution in [2.75, 3.05) is 13.1 Å². The summed E-state index contributed by atoms with van der Waals surface area (Å²) in [6.45, 7) is 2.53. The number of hydrogen-bond acceptors (Lipinski definition) is 2. The summed E-state index contributed by atoms with van der Waals surface area (Å²) in [5.74, 6) is 1.45. The molecule has 0 aromatic heterocycles.